The highest BCUT2D eigenvalue weighted by atomic mass is 16.3. The van der Waals surface area contributed by atoms with Gasteiger partial charge in [-0.3, -0.25) is 0 Å². The Labute approximate surface area is 126 Å². The smallest absolute Gasteiger partial charge is 0.0692 e. The summed E-state index contributed by atoms with van der Waals surface area (Å²) in [6, 6.07) is 0.617. The van der Waals surface area contributed by atoms with Crippen molar-refractivity contribution < 1.29 is 5.11 Å². The molecule has 0 aromatic rings. The fraction of sp³-hybridized carbons (Fsp3) is 1.00. The Morgan fingerprint density at radius 3 is 2.25 bits per heavy atom. The first-order valence-corrected chi connectivity index (χ1v) is 8.79. The number of hydrogen-bond acceptors (Lipinski definition) is 2. The highest BCUT2D eigenvalue weighted by molar-refractivity contribution is 4.82. The summed E-state index contributed by atoms with van der Waals surface area (Å²) in [7, 11) is 0. The Kier molecular flexibility index (Phi) is 7.53. The van der Waals surface area contributed by atoms with Crippen LogP contribution in [0.3, 0.4) is 0 Å². The van der Waals surface area contributed by atoms with E-state index in [1.165, 1.54) is 32.1 Å². The molecule has 2 N–H and O–H groups in total. The second-order valence-electron chi connectivity index (χ2n) is 7.82. The first-order chi connectivity index (χ1) is 9.38. The zero-order valence-electron chi connectivity index (χ0n) is 14.4. The van der Waals surface area contributed by atoms with Gasteiger partial charge in [0.15, 0.2) is 0 Å². The summed E-state index contributed by atoms with van der Waals surface area (Å²) >= 11 is 0. The van der Waals surface area contributed by atoms with Crippen LogP contribution in [0.5, 0.6) is 0 Å². The molecule has 0 aromatic carbocycles. The van der Waals surface area contributed by atoms with Crippen molar-refractivity contribution in [3.63, 3.8) is 0 Å². The third-order valence-corrected chi connectivity index (χ3v) is 5.40. The van der Waals surface area contributed by atoms with Gasteiger partial charge in [-0.1, -0.05) is 53.9 Å². The zero-order valence-corrected chi connectivity index (χ0v) is 14.4. The third kappa shape index (κ3) is 5.73. The molecule has 120 valence electrons. The van der Waals surface area contributed by atoms with E-state index in [-0.39, 0.29) is 6.10 Å². The molecule has 0 heterocycles. The van der Waals surface area contributed by atoms with Gasteiger partial charge in [0, 0.05) is 12.6 Å². The minimum atomic E-state index is -0.174. The van der Waals surface area contributed by atoms with Crippen LogP contribution in [0, 0.1) is 17.3 Å². The molecule has 0 saturated heterocycles. The van der Waals surface area contributed by atoms with E-state index in [2.05, 4.69) is 39.9 Å². The van der Waals surface area contributed by atoms with Gasteiger partial charge in [-0.2, -0.15) is 0 Å². The fourth-order valence-corrected chi connectivity index (χ4v) is 3.66. The van der Waals surface area contributed by atoms with Crippen LogP contribution in [-0.4, -0.2) is 23.8 Å². The van der Waals surface area contributed by atoms with Crippen LogP contribution in [0.1, 0.15) is 79.6 Å². The van der Waals surface area contributed by atoms with Crippen LogP contribution in [0.25, 0.3) is 0 Å². The summed E-state index contributed by atoms with van der Waals surface area (Å²) < 4.78 is 0. The van der Waals surface area contributed by atoms with E-state index < -0.39 is 0 Å². The van der Waals surface area contributed by atoms with E-state index in [1.807, 2.05) is 0 Å². The van der Waals surface area contributed by atoms with E-state index in [0.29, 0.717) is 17.4 Å². The lowest BCUT2D eigenvalue weighted by Crippen LogP contribution is -2.38. The lowest BCUT2D eigenvalue weighted by Gasteiger charge is -2.30. The standard InChI is InChI=1S/C18H37NO/c1-6-14(7-2)17(20)13-19-16-10-8-9-15(11-12-16)18(3,4)5/h14-17,19-20H,6-13H2,1-5H3. The largest absolute Gasteiger partial charge is 0.392 e. The molecule has 1 rings (SSSR count). The minimum absolute atomic E-state index is 0.174. The van der Waals surface area contributed by atoms with Crippen molar-refractivity contribution in [3.05, 3.63) is 0 Å². The molecule has 3 atom stereocenters. The summed E-state index contributed by atoms with van der Waals surface area (Å²) in [6.45, 7) is 12.3. The van der Waals surface area contributed by atoms with Crippen molar-refractivity contribution in [2.75, 3.05) is 6.54 Å². The van der Waals surface area contributed by atoms with Gasteiger partial charge in [0.05, 0.1) is 6.10 Å². The Hall–Kier alpha value is -0.0800. The average Bonchev–Trinajstić information content (AvgIpc) is 2.62. The molecule has 0 amide bonds. The van der Waals surface area contributed by atoms with Gasteiger partial charge in [0.25, 0.3) is 0 Å². The zero-order chi connectivity index (χ0) is 15.2. The summed E-state index contributed by atoms with van der Waals surface area (Å²) in [5, 5.41) is 13.9. The molecular weight excluding hydrogens is 246 g/mol. The van der Waals surface area contributed by atoms with E-state index >= 15 is 0 Å². The van der Waals surface area contributed by atoms with Crippen molar-refractivity contribution in [1.82, 2.24) is 5.32 Å². The maximum atomic E-state index is 10.2. The second kappa shape index (κ2) is 8.38. The van der Waals surface area contributed by atoms with Crippen molar-refractivity contribution in [2.24, 2.45) is 17.3 Å². The monoisotopic (exact) mass is 283 g/mol. The van der Waals surface area contributed by atoms with Crippen molar-refractivity contribution in [2.45, 2.75) is 91.7 Å². The van der Waals surface area contributed by atoms with Gasteiger partial charge in [-0.25, -0.2) is 0 Å². The number of aliphatic hydroxyl groups excluding tert-OH is 1. The van der Waals surface area contributed by atoms with Gasteiger partial charge in [-0.15, -0.1) is 0 Å². The number of hydrogen-bond donors (Lipinski definition) is 2. The fourth-order valence-electron chi connectivity index (χ4n) is 3.66. The van der Waals surface area contributed by atoms with E-state index in [0.717, 1.165) is 25.3 Å². The third-order valence-electron chi connectivity index (χ3n) is 5.40. The number of nitrogens with one attached hydrogen (secondary N) is 1. The van der Waals surface area contributed by atoms with Gasteiger partial charge in [0.2, 0.25) is 0 Å². The number of aliphatic hydroxyl groups is 1. The van der Waals surface area contributed by atoms with Crippen molar-refractivity contribution in [3.8, 4) is 0 Å². The van der Waals surface area contributed by atoms with Crippen LogP contribution < -0.4 is 5.32 Å². The van der Waals surface area contributed by atoms with Crippen LogP contribution in [0.15, 0.2) is 0 Å². The quantitative estimate of drug-likeness (QED) is 0.710. The Morgan fingerprint density at radius 2 is 1.70 bits per heavy atom. The van der Waals surface area contributed by atoms with Crippen LogP contribution in [-0.2, 0) is 0 Å². The predicted molar refractivity (Wildman–Crippen MR) is 87.9 cm³/mol. The molecule has 0 aromatic heterocycles. The van der Waals surface area contributed by atoms with Gasteiger partial charge >= 0.3 is 0 Å². The molecular formula is C18H37NO. The molecule has 1 saturated carbocycles. The van der Waals surface area contributed by atoms with E-state index in [4.69, 9.17) is 0 Å². The molecule has 1 aliphatic rings. The van der Waals surface area contributed by atoms with E-state index in [9.17, 15) is 5.11 Å². The summed E-state index contributed by atoms with van der Waals surface area (Å²) in [5.41, 5.74) is 0.448. The first-order valence-electron chi connectivity index (χ1n) is 8.79. The van der Waals surface area contributed by atoms with Gasteiger partial charge < -0.3 is 10.4 Å². The lowest BCUT2D eigenvalue weighted by atomic mass is 9.76. The van der Waals surface area contributed by atoms with Gasteiger partial charge in [0.1, 0.15) is 0 Å². The van der Waals surface area contributed by atoms with Crippen LogP contribution in [0.2, 0.25) is 0 Å². The highest BCUT2D eigenvalue weighted by Crippen LogP contribution is 2.36. The van der Waals surface area contributed by atoms with Crippen LogP contribution >= 0.6 is 0 Å². The maximum absolute atomic E-state index is 10.2. The van der Waals surface area contributed by atoms with Gasteiger partial charge in [-0.05, 0) is 42.9 Å². The Bertz CT molecular complexity index is 255. The van der Waals surface area contributed by atoms with E-state index in [1.54, 1.807) is 0 Å². The highest BCUT2D eigenvalue weighted by Gasteiger charge is 2.28. The molecule has 1 fully saturated rings. The lowest BCUT2D eigenvalue weighted by molar-refractivity contribution is 0.0973. The second-order valence-corrected chi connectivity index (χ2v) is 7.82. The molecule has 20 heavy (non-hydrogen) atoms. The topological polar surface area (TPSA) is 32.3 Å². The molecule has 2 heteroatoms. The summed E-state index contributed by atoms with van der Waals surface area (Å²) in [4.78, 5) is 0. The molecule has 1 aliphatic carbocycles. The maximum Gasteiger partial charge on any atom is 0.0692 e. The Balaban J connectivity index is 2.35. The summed E-state index contributed by atoms with van der Waals surface area (Å²) in [5.74, 6) is 1.31. The molecule has 2 nitrogen and oxygen atoms in total. The molecule has 3 unspecified atom stereocenters. The van der Waals surface area contributed by atoms with Crippen molar-refractivity contribution >= 4 is 0 Å². The molecule has 0 spiro atoms. The molecule has 0 radical (unpaired) electrons. The average molecular weight is 284 g/mol. The molecule has 0 bridgehead atoms. The normalized spacial score (nSPS) is 26.6. The molecule has 0 aliphatic heterocycles. The SMILES string of the molecule is CCC(CC)C(O)CNC1CCCC(C(C)(C)C)CC1. The van der Waals surface area contributed by atoms with Crippen molar-refractivity contribution in [1.29, 1.82) is 0 Å². The minimum Gasteiger partial charge on any atom is -0.392 e. The van der Waals surface area contributed by atoms with Crippen LogP contribution in [0.4, 0.5) is 0 Å². The Morgan fingerprint density at radius 1 is 1.05 bits per heavy atom. The summed E-state index contributed by atoms with van der Waals surface area (Å²) in [6.07, 6.45) is 8.58. The predicted octanol–water partition coefficient (Wildman–Crippen LogP) is 4.37. The first kappa shape index (κ1) is 18.0. The number of rotatable bonds is 6.